The van der Waals surface area contributed by atoms with Gasteiger partial charge in [-0.3, -0.25) is 0 Å². The molecule has 1 atom stereocenters. The quantitative estimate of drug-likeness (QED) is 0.826. The smallest absolute Gasteiger partial charge is 0.121 e. The van der Waals surface area contributed by atoms with Crippen LogP contribution in [-0.4, -0.2) is 13.2 Å². The molecule has 0 aliphatic rings. The molecular formula is C19H25NO. The zero-order valence-electron chi connectivity index (χ0n) is 13.4. The fourth-order valence-corrected chi connectivity index (χ4v) is 2.58. The summed E-state index contributed by atoms with van der Waals surface area (Å²) < 4.78 is 5.29. The minimum atomic E-state index is 0.443. The number of aryl methyl sites for hydroxylation is 3. The van der Waals surface area contributed by atoms with Crippen LogP contribution in [0.15, 0.2) is 42.5 Å². The van der Waals surface area contributed by atoms with Crippen molar-refractivity contribution in [2.45, 2.75) is 39.7 Å². The van der Waals surface area contributed by atoms with Crippen molar-refractivity contribution in [3.05, 3.63) is 59.2 Å². The summed E-state index contributed by atoms with van der Waals surface area (Å²) in [7, 11) is 1.71. The Morgan fingerprint density at radius 1 is 1.10 bits per heavy atom. The lowest BCUT2D eigenvalue weighted by Gasteiger charge is -2.16. The number of anilines is 1. The molecule has 0 bridgehead atoms. The molecule has 0 saturated carbocycles. The van der Waals surface area contributed by atoms with Crippen LogP contribution in [0.5, 0.6) is 5.75 Å². The van der Waals surface area contributed by atoms with E-state index in [1.165, 1.54) is 11.1 Å². The molecule has 112 valence electrons. The third kappa shape index (κ3) is 4.52. The van der Waals surface area contributed by atoms with E-state index >= 15 is 0 Å². The zero-order chi connectivity index (χ0) is 15.2. The van der Waals surface area contributed by atoms with Crippen LogP contribution in [0.4, 0.5) is 5.69 Å². The van der Waals surface area contributed by atoms with Crippen molar-refractivity contribution >= 4 is 5.69 Å². The summed E-state index contributed by atoms with van der Waals surface area (Å²) >= 11 is 0. The fourth-order valence-electron chi connectivity index (χ4n) is 2.58. The van der Waals surface area contributed by atoms with Crippen molar-refractivity contribution in [1.82, 2.24) is 0 Å². The van der Waals surface area contributed by atoms with Crippen LogP contribution < -0.4 is 10.1 Å². The molecule has 1 N–H and O–H groups in total. The number of nitrogens with one attached hydrogen (secondary N) is 1. The van der Waals surface area contributed by atoms with E-state index in [4.69, 9.17) is 4.74 Å². The van der Waals surface area contributed by atoms with Crippen molar-refractivity contribution in [2.24, 2.45) is 0 Å². The second kappa shape index (κ2) is 7.16. The average molecular weight is 283 g/mol. The molecular weight excluding hydrogens is 258 g/mol. The first-order chi connectivity index (χ1) is 10.1. The maximum Gasteiger partial charge on any atom is 0.121 e. The third-order valence-corrected chi connectivity index (χ3v) is 3.76. The predicted octanol–water partition coefficient (Wildman–Crippen LogP) is 4.75. The van der Waals surface area contributed by atoms with Crippen LogP contribution in [0, 0.1) is 13.8 Å². The largest absolute Gasteiger partial charge is 0.496 e. The van der Waals surface area contributed by atoms with Crippen LogP contribution >= 0.6 is 0 Å². The van der Waals surface area contributed by atoms with Gasteiger partial charge in [0, 0.05) is 11.7 Å². The first-order valence-corrected chi connectivity index (χ1v) is 7.55. The number of methoxy groups -OCH3 is 1. The Balaban J connectivity index is 1.89. The van der Waals surface area contributed by atoms with Crippen LogP contribution in [0.2, 0.25) is 0 Å². The minimum absolute atomic E-state index is 0.443. The molecule has 0 fully saturated rings. The monoisotopic (exact) mass is 283 g/mol. The van der Waals surface area contributed by atoms with Crippen LogP contribution in [0.25, 0.3) is 0 Å². The second-order valence-electron chi connectivity index (χ2n) is 5.76. The lowest BCUT2D eigenvalue weighted by Crippen LogP contribution is -2.16. The minimum Gasteiger partial charge on any atom is -0.496 e. The molecule has 0 amide bonds. The molecule has 1 unspecified atom stereocenters. The van der Waals surface area contributed by atoms with E-state index in [2.05, 4.69) is 62.5 Å². The molecule has 0 aliphatic carbocycles. The van der Waals surface area contributed by atoms with E-state index < -0.39 is 0 Å². The summed E-state index contributed by atoms with van der Waals surface area (Å²) in [5.41, 5.74) is 5.06. The highest BCUT2D eigenvalue weighted by atomic mass is 16.5. The first-order valence-electron chi connectivity index (χ1n) is 7.55. The molecule has 2 rings (SSSR count). The lowest BCUT2D eigenvalue weighted by molar-refractivity contribution is 0.412. The van der Waals surface area contributed by atoms with Gasteiger partial charge >= 0.3 is 0 Å². The molecule has 0 spiro atoms. The van der Waals surface area contributed by atoms with E-state index in [0.717, 1.165) is 29.8 Å². The number of ether oxygens (including phenoxy) is 1. The molecule has 2 nitrogen and oxygen atoms in total. The van der Waals surface area contributed by atoms with Gasteiger partial charge in [-0.2, -0.15) is 0 Å². The van der Waals surface area contributed by atoms with Gasteiger partial charge in [-0.25, -0.2) is 0 Å². The van der Waals surface area contributed by atoms with Gasteiger partial charge in [-0.1, -0.05) is 29.8 Å². The average Bonchev–Trinajstić information content (AvgIpc) is 2.45. The molecule has 2 heteroatoms. The Morgan fingerprint density at radius 3 is 2.57 bits per heavy atom. The van der Waals surface area contributed by atoms with Crippen molar-refractivity contribution in [3.63, 3.8) is 0 Å². The highest BCUT2D eigenvalue weighted by Gasteiger charge is 2.05. The molecule has 0 saturated heterocycles. The van der Waals surface area contributed by atoms with E-state index in [1.54, 1.807) is 7.11 Å². The third-order valence-electron chi connectivity index (χ3n) is 3.76. The van der Waals surface area contributed by atoms with E-state index in [1.807, 2.05) is 6.07 Å². The van der Waals surface area contributed by atoms with Crippen LogP contribution in [-0.2, 0) is 6.42 Å². The van der Waals surface area contributed by atoms with Gasteiger partial charge in [0.1, 0.15) is 5.75 Å². The number of rotatable bonds is 6. The van der Waals surface area contributed by atoms with Crippen molar-refractivity contribution < 1.29 is 4.74 Å². The maximum atomic E-state index is 5.29. The second-order valence-corrected chi connectivity index (χ2v) is 5.76. The highest BCUT2D eigenvalue weighted by Crippen LogP contribution is 2.22. The van der Waals surface area contributed by atoms with Gasteiger partial charge in [-0.15, -0.1) is 0 Å². The molecule has 2 aromatic rings. The standard InChI is InChI=1S/C19H25NO/c1-14-6-5-7-17(12-14)9-8-16(3)20-18-10-11-19(21-4)15(2)13-18/h5-7,10-13,16,20H,8-9H2,1-4H3. The van der Waals surface area contributed by atoms with Gasteiger partial charge in [-0.05, 0) is 62.9 Å². The summed E-state index contributed by atoms with van der Waals surface area (Å²) in [5.74, 6) is 0.938. The molecule has 0 aliphatic heterocycles. The molecule has 0 heterocycles. The van der Waals surface area contributed by atoms with Crippen molar-refractivity contribution in [1.29, 1.82) is 0 Å². The van der Waals surface area contributed by atoms with Crippen molar-refractivity contribution in [2.75, 3.05) is 12.4 Å². The Kier molecular flexibility index (Phi) is 5.26. The Morgan fingerprint density at radius 2 is 1.90 bits per heavy atom. The summed E-state index contributed by atoms with van der Waals surface area (Å²) in [6.07, 6.45) is 2.22. The van der Waals surface area contributed by atoms with Gasteiger partial charge in [0.2, 0.25) is 0 Å². The fraction of sp³-hybridized carbons (Fsp3) is 0.368. The summed E-state index contributed by atoms with van der Waals surface area (Å²) in [5, 5.41) is 3.56. The summed E-state index contributed by atoms with van der Waals surface area (Å²) in [6, 6.07) is 15.4. The number of hydrogen-bond donors (Lipinski definition) is 1. The molecule has 0 radical (unpaired) electrons. The topological polar surface area (TPSA) is 21.3 Å². The van der Waals surface area contributed by atoms with Gasteiger partial charge in [0.05, 0.1) is 7.11 Å². The lowest BCUT2D eigenvalue weighted by atomic mass is 10.0. The highest BCUT2D eigenvalue weighted by molar-refractivity contribution is 5.51. The Hall–Kier alpha value is -1.96. The SMILES string of the molecule is COc1ccc(NC(C)CCc2cccc(C)c2)cc1C. The normalized spacial score (nSPS) is 12.0. The molecule has 2 aromatic carbocycles. The van der Waals surface area contributed by atoms with Crippen LogP contribution in [0.3, 0.4) is 0 Å². The van der Waals surface area contributed by atoms with Gasteiger partial charge in [0.25, 0.3) is 0 Å². The summed E-state index contributed by atoms with van der Waals surface area (Å²) in [6.45, 7) is 6.45. The molecule has 0 aromatic heterocycles. The maximum absolute atomic E-state index is 5.29. The van der Waals surface area contributed by atoms with Gasteiger partial charge < -0.3 is 10.1 Å². The molecule has 21 heavy (non-hydrogen) atoms. The number of hydrogen-bond acceptors (Lipinski definition) is 2. The van der Waals surface area contributed by atoms with Crippen molar-refractivity contribution in [3.8, 4) is 5.75 Å². The Bertz CT molecular complexity index is 592. The first kappa shape index (κ1) is 15.4. The zero-order valence-corrected chi connectivity index (χ0v) is 13.4. The predicted molar refractivity (Wildman–Crippen MR) is 90.3 cm³/mol. The van der Waals surface area contributed by atoms with Crippen LogP contribution in [0.1, 0.15) is 30.0 Å². The van der Waals surface area contributed by atoms with Gasteiger partial charge in [0.15, 0.2) is 0 Å². The van der Waals surface area contributed by atoms with E-state index in [9.17, 15) is 0 Å². The summed E-state index contributed by atoms with van der Waals surface area (Å²) in [4.78, 5) is 0. The number of benzene rings is 2. The van der Waals surface area contributed by atoms with E-state index in [0.29, 0.717) is 6.04 Å². The Labute approximate surface area is 128 Å². The van der Waals surface area contributed by atoms with E-state index in [-0.39, 0.29) is 0 Å².